The molecule has 3 aliphatic rings. The van der Waals surface area contributed by atoms with Gasteiger partial charge in [0.2, 0.25) is 0 Å². The monoisotopic (exact) mass is 963 g/mol. The van der Waals surface area contributed by atoms with Crippen LogP contribution in [-0.4, -0.2) is 103 Å². The molecule has 0 fully saturated rings. The number of para-hydroxylation sites is 3. The second kappa shape index (κ2) is 25.4. The summed E-state index contributed by atoms with van der Waals surface area (Å²) in [4.78, 5) is 45.3. The summed E-state index contributed by atoms with van der Waals surface area (Å²) in [5.41, 5.74) is 5.32. The van der Waals surface area contributed by atoms with Gasteiger partial charge in [0, 0.05) is 156 Å². The molecule has 0 N–H and O–H groups in total. The number of ether oxygens (including phenoxy) is 3. The molecule has 0 aliphatic carbocycles. The molecule has 0 unspecified atom stereocenters. The lowest BCUT2D eigenvalue weighted by atomic mass is 10.1. The molecule has 0 aromatic heterocycles. The van der Waals surface area contributed by atoms with E-state index in [1.54, 1.807) is 42.5 Å². The smallest absolute Gasteiger partial charge is 0.269 e. The number of rotatable bonds is 6. The number of anilines is 3. The van der Waals surface area contributed by atoms with Gasteiger partial charge >= 0.3 is 0 Å². The van der Waals surface area contributed by atoms with E-state index in [0.717, 1.165) is 51.0 Å². The van der Waals surface area contributed by atoms with Crippen molar-refractivity contribution in [1.29, 1.82) is 5.26 Å². The fraction of sp³-hybridized carbons (Fsp3) is 0.302. The second-order valence-corrected chi connectivity index (χ2v) is 16.9. The number of nitriles is 1. The van der Waals surface area contributed by atoms with E-state index in [4.69, 9.17) is 19.5 Å². The molecule has 0 radical (unpaired) electrons. The van der Waals surface area contributed by atoms with Gasteiger partial charge in [0.15, 0.2) is 0 Å². The summed E-state index contributed by atoms with van der Waals surface area (Å²) in [6.07, 6.45) is 0. The zero-order chi connectivity index (χ0) is 50.0. The summed E-state index contributed by atoms with van der Waals surface area (Å²) >= 11 is 0. The molecule has 0 saturated carbocycles. The minimum Gasteiger partial charge on any atom is -0.492 e. The van der Waals surface area contributed by atoms with Gasteiger partial charge < -0.3 is 28.9 Å². The second-order valence-electron chi connectivity index (χ2n) is 16.9. The number of hydrogen-bond donors (Lipinski definition) is 0. The van der Waals surface area contributed by atoms with E-state index in [2.05, 4.69) is 24.5 Å². The zero-order valence-electron chi connectivity index (χ0n) is 39.7. The van der Waals surface area contributed by atoms with Crippen LogP contribution in [0.25, 0.3) is 0 Å². The minimum absolute atomic E-state index is 0.00143. The Kier molecular flexibility index (Phi) is 18.1. The van der Waals surface area contributed by atoms with Crippen molar-refractivity contribution in [1.82, 2.24) is 9.80 Å². The molecular formula is C53H57N9O9. The number of nitro groups is 3. The number of benzene rings is 6. The van der Waals surface area contributed by atoms with Crippen molar-refractivity contribution < 1.29 is 29.0 Å². The standard InChI is InChI=1S/C51H54N8O9.C2H3N/c60-57(61)46-19-13-43(14-20-46)54-28-25-52-26-29-55(44-15-21-47(22-16-44)58(62)63)38-41-8-2-5-11-50(41)67-35-32-53(31-34-66-49-10-4-1-7-40(49)37-54)33-36-68-51-12-6-3-9-42(51)39-56(30-27-52)45-17-23-48(24-18-45)59(64)65;1-2-3/h1-24H,25-39H2;1H3. The van der Waals surface area contributed by atoms with Gasteiger partial charge in [-0.1, -0.05) is 54.6 Å². The van der Waals surface area contributed by atoms with Crippen molar-refractivity contribution >= 4 is 34.1 Å². The average Bonchev–Trinajstić information content (AvgIpc) is 3.38. The van der Waals surface area contributed by atoms with Crippen molar-refractivity contribution in [3.8, 4) is 23.3 Å². The Bertz CT molecular complexity index is 2450. The maximum absolute atomic E-state index is 11.7. The van der Waals surface area contributed by atoms with E-state index in [-0.39, 0.29) is 17.1 Å². The highest BCUT2D eigenvalue weighted by Crippen LogP contribution is 2.30. The predicted molar refractivity (Wildman–Crippen MR) is 272 cm³/mol. The summed E-state index contributed by atoms with van der Waals surface area (Å²) in [6.45, 7) is 9.02. The topological polar surface area (TPSA) is 197 Å². The van der Waals surface area contributed by atoms with Crippen LogP contribution in [0.4, 0.5) is 34.1 Å². The van der Waals surface area contributed by atoms with Crippen LogP contribution >= 0.6 is 0 Å². The van der Waals surface area contributed by atoms with Crippen LogP contribution in [0.1, 0.15) is 23.6 Å². The molecule has 0 saturated heterocycles. The van der Waals surface area contributed by atoms with Gasteiger partial charge in [-0.3, -0.25) is 40.1 Å². The summed E-state index contributed by atoms with van der Waals surface area (Å²) in [7, 11) is 0. The molecule has 18 nitrogen and oxygen atoms in total. The van der Waals surface area contributed by atoms with Crippen molar-refractivity contribution in [2.45, 2.75) is 26.6 Å². The first-order chi connectivity index (χ1) is 34.6. The van der Waals surface area contributed by atoms with Gasteiger partial charge in [0.25, 0.3) is 17.1 Å². The number of nitro benzene ring substituents is 3. The van der Waals surface area contributed by atoms with Gasteiger partial charge in [0.1, 0.15) is 37.1 Å². The molecule has 368 valence electrons. The number of fused-ring (bicyclic) bond motifs is 15. The minimum atomic E-state index is -0.400. The largest absolute Gasteiger partial charge is 0.492 e. The lowest BCUT2D eigenvalue weighted by molar-refractivity contribution is -0.385. The quantitative estimate of drug-likeness (QED) is 0.113. The Morgan fingerprint density at radius 3 is 0.930 bits per heavy atom. The summed E-state index contributed by atoms with van der Waals surface area (Å²) in [5, 5.41) is 42.5. The van der Waals surface area contributed by atoms with Crippen LogP contribution in [0.5, 0.6) is 17.2 Å². The van der Waals surface area contributed by atoms with Crippen molar-refractivity contribution in [2.24, 2.45) is 0 Å². The maximum Gasteiger partial charge on any atom is 0.269 e. The SMILES string of the molecule is CC#N.O=[N+]([O-])c1ccc(N2CCN3CCN(c4ccc([N+](=O)[O-])cc4)Cc4ccccc4OCCN(CCOc4ccccc4C2)CCOc2ccccc2CN(c2ccc([N+](=O)[O-])cc2)CC3)cc1. The maximum atomic E-state index is 11.7. The number of non-ortho nitro benzene ring substituents is 3. The van der Waals surface area contributed by atoms with Gasteiger partial charge in [-0.25, -0.2) is 0 Å². The molecule has 2 bridgehead atoms. The summed E-state index contributed by atoms with van der Waals surface area (Å²) in [5.74, 6) is 2.23. The van der Waals surface area contributed by atoms with E-state index in [1.165, 1.54) is 43.3 Å². The molecule has 3 heterocycles. The van der Waals surface area contributed by atoms with E-state index >= 15 is 0 Å². The van der Waals surface area contributed by atoms with Gasteiger partial charge in [-0.15, -0.1) is 0 Å². The van der Waals surface area contributed by atoms with Crippen LogP contribution in [-0.2, 0) is 19.6 Å². The van der Waals surface area contributed by atoms with E-state index in [1.807, 2.05) is 72.8 Å². The predicted octanol–water partition coefficient (Wildman–Crippen LogP) is 9.13. The Labute approximate surface area is 412 Å². The lowest BCUT2D eigenvalue weighted by Gasteiger charge is -2.34. The van der Waals surface area contributed by atoms with Gasteiger partial charge in [-0.2, -0.15) is 5.26 Å². The molecule has 0 spiro atoms. The van der Waals surface area contributed by atoms with E-state index in [9.17, 15) is 30.3 Å². The molecule has 6 aromatic rings. The molecule has 18 heteroatoms. The molecular weight excluding hydrogens is 907 g/mol. The van der Waals surface area contributed by atoms with Gasteiger partial charge in [0.05, 0.1) is 20.8 Å². The Hall–Kier alpha value is -8.27. The van der Waals surface area contributed by atoms with Crippen LogP contribution in [0.2, 0.25) is 0 Å². The highest BCUT2D eigenvalue weighted by molar-refractivity contribution is 5.55. The number of nitrogens with zero attached hydrogens (tertiary/aromatic N) is 9. The molecule has 3 aliphatic heterocycles. The Morgan fingerprint density at radius 1 is 0.408 bits per heavy atom. The normalized spacial score (nSPS) is 17.1. The molecule has 0 amide bonds. The molecule has 9 rings (SSSR count). The average molecular weight is 964 g/mol. The van der Waals surface area contributed by atoms with Crippen LogP contribution < -0.4 is 28.9 Å². The van der Waals surface area contributed by atoms with Crippen molar-refractivity contribution in [3.05, 3.63) is 193 Å². The fourth-order valence-electron chi connectivity index (χ4n) is 8.51. The first-order valence-corrected chi connectivity index (χ1v) is 23.4. The van der Waals surface area contributed by atoms with Crippen molar-refractivity contribution in [2.75, 3.05) is 93.4 Å². The van der Waals surface area contributed by atoms with Crippen molar-refractivity contribution in [3.63, 3.8) is 0 Å². The summed E-state index contributed by atoms with van der Waals surface area (Å²) < 4.78 is 19.7. The fourth-order valence-corrected chi connectivity index (χ4v) is 8.51. The van der Waals surface area contributed by atoms with Crippen LogP contribution in [0.3, 0.4) is 0 Å². The number of hydrogen-bond acceptors (Lipinski definition) is 15. The first-order valence-electron chi connectivity index (χ1n) is 23.4. The third-order valence-corrected chi connectivity index (χ3v) is 12.3. The highest BCUT2D eigenvalue weighted by Gasteiger charge is 2.22. The Balaban J connectivity index is 0.00000241. The molecule has 0 atom stereocenters. The third-order valence-electron chi connectivity index (χ3n) is 12.3. The van der Waals surface area contributed by atoms with Gasteiger partial charge in [-0.05, 0) is 54.6 Å². The summed E-state index contributed by atoms with van der Waals surface area (Å²) in [6, 6.07) is 45.5. The van der Waals surface area contributed by atoms with E-state index < -0.39 is 14.8 Å². The first kappa shape index (κ1) is 50.6. The lowest BCUT2D eigenvalue weighted by Crippen LogP contribution is -2.43. The highest BCUT2D eigenvalue weighted by atomic mass is 16.6. The molecule has 71 heavy (non-hydrogen) atoms. The Morgan fingerprint density at radius 2 is 0.662 bits per heavy atom. The van der Waals surface area contributed by atoms with Crippen LogP contribution in [0.15, 0.2) is 146 Å². The zero-order valence-corrected chi connectivity index (χ0v) is 39.7. The molecule has 6 aromatic carbocycles. The van der Waals surface area contributed by atoms with E-state index in [0.29, 0.717) is 98.4 Å². The van der Waals surface area contributed by atoms with Crippen LogP contribution in [0, 0.1) is 41.7 Å². The third kappa shape index (κ3) is 14.4.